The van der Waals surface area contributed by atoms with Gasteiger partial charge in [0.25, 0.3) is 0 Å². The lowest BCUT2D eigenvalue weighted by molar-refractivity contribution is 0.259. The van der Waals surface area contributed by atoms with E-state index in [-0.39, 0.29) is 0 Å². The lowest BCUT2D eigenvalue weighted by atomic mass is 10.1. The molecule has 0 radical (unpaired) electrons. The van der Waals surface area contributed by atoms with Crippen LogP contribution in [0.1, 0.15) is 30.9 Å². The predicted molar refractivity (Wildman–Crippen MR) is 72.9 cm³/mol. The van der Waals surface area contributed by atoms with E-state index in [2.05, 4.69) is 43.1 Å². The van der Waals surface area contributed by atoms with Crippen LogP contribution in [0.3, 0.4) is 0 Å². The first-order valence-corrected chi connectivity index (χ1v) is 6.64. The Kier molecular flexibility index (Phi) is 3.85. The minimum absolute atomic E-state index is 0.443. The summed E-state index contributed by atoms with van der Waals surface area (Å²) < 4.78 is 0. The standard InChI is InChI=1S/C15H24N2/c1-3-13-4-6-14(7-5-13)10-17(2)12-15(11-16)8-9-15/h4-7H,3,8-12,16H2,1-2H3. The van der Waals surface area contributed by atoms with Crippen LogP contribution in [0.2, 0.25) is 0 Å². The molecule has 2 rings (SSSR count). The summed E-state index contributed by atoms with van der Waals surface area (Å²) in [7, 11) is 2.20. The summed E-state index contributed by atoms with van der Waals surface area (Å²) in [6.45, 7) is 5.20. The molecule has 17 heavy (non-hydrogen) atoms. The first kappa shape index (κ1) is 12.6. The number of nitrogens with two attached hydrogens (primary N) is 1. The fourth-order valence-corrected chi connectivity index (χ4v) is 2.42. The Morgan fingerprint density at radius 3 is 2.24 bits per heavy atom. The SMILES string of the molecule is CCc1ccc(CN(C)CC2(CN)CC2)cc1. The zero-order chi connectivity index (χ0) is 12.3. The third-order valence-electron chi connectivity index (χ3n) is 3.88. The van der Waals surface area contributed by atoms with Crippen LogP contribution in [0.4, 0.5) is 0 Å². The average Bonchev–Trinajstić information content (AvgIpc) is 3.10. The van der Waals surface area contributed by atoms with Gasteiger partial charge in [-0.2, -0.15) is 0 Å². The van der Waals surface area contributed by atoms with E-state index >= 15 is 0 Å². The molecule has 0 unspecified atom stereocenters. The van der Waals surface area contributed by atoms with Gasteiger partial charge in [-0.05, 0) is 49.4 Å². The Morgan fingerprint density at radius 1 is 1.18 bits per heavy atom. The van der Waals surface area contributed by atoms with Crippen LogP contribution in [0.25, 0.3) is 0 Å². The van der Waals surface area contributed by atoms with Gasteiger partial charge in [-0.1, -0.05) is 31.2 Å². The second kappa shape index (κ2) is 5.19. The number of hydrogen-bond acceptors (Lipinski definition) is 2. The molecule has 2 N–H and O–H groups in total. The molecule has 0 spiro atoms. The normalized spacial score (nSPS) is 17.4. The van der Waals surface area contributed by atoms with Gasteiger partial charge in [-0.3, -0.25) is 0 Å². The molecule has 1 saturated carbocycles. The number of rotatable bonds is 6. The number of aryl methyl sites for hydroxylation is 1. The van der Waals surface area contributed by atoms with Crippen LogP contribution in [-0.2, 0) is 13.0 Å². The van der Waals surface area contributed by atoms with Crippen molar-refractivity contribution in [2.75, 3.05) is 20.1 Å². The van der Waals surface area contributed by atoms with Crippen LogP contribution in [0.5, 0.6) is 0 Å². The first-order valence-electron chi connectivity index (χ1n) is 6.64. The van der Waals surface area contributed by atoms with Gasteiger partial charge in [-0.15, -0.1) is 0 Å². The van der Waals surface area contributed by atoms with Crippen molar-refractivity contribution in [3.05, 3.63) is 35.4 Å². The fourth-order valence-electron chi connectivity index (χ4n) is 2.42. The van der Waals surface area contributed by atoms with Gasteiger partial charge in [0.2, 0.25) is 0 Å². The molecule has 1 aromatic carbocycles. The molecule has 0 bridgehead atoms. The molecule has 1 aliphatic rings. The topological polar surface area (TPSA) is 29.3 Å². The molecule has 94 valence electrons. The minimum atomic E-state index is 0.443. The molecule has 1 aromatic rings. The second-order valence-electron chi connectivity index (χ2n) is 5.55. The van der Waals surface area contributed by atoms with Crippen molar-refractivity contribution in [1.82, 2.24) is 4.90 Å². The van der Waals surface area contributed by atoms with E-state index in [9.17, 15) is 0 Å². The van der Waals surface area contributed by atoms with Crippen molar-refractivity contribution in [2.45, 2.75) is 32.7 Å². The van der Waals surface area contributed by atoms with Crippen LogP contribution in [0, 0.1) is 5.41 Å². The molecule has 1 aliphatic carbocycles. The fraction of sp³-hybridized carbons (Fsp3) is 0.600. The zero-order valence-corrected chi connectivity index (χ0v) is 11.1. The van der Waals surface area contributed by atoms with Crippen LogP contribution in [-0.4, -0.2) is 25.0 Å². The summed E-state index contributed by atoms with van der Waals surface area (Å²) in [5, 5.41) is 0. The van der Waals surface area contributed by atoms with Crippen molar-refractivity contribution in [1.29, 1.82) is 0 Å². The van der Waals surface area contributed by atoms with E-state index in [1.165, 1.54) is 24.0 Å². The Bertz CT molecular complexity index is 352. The maximum Gasteiger partial charge on any atom is 0.0230 e. The molecule has 2 nitrogen and oxygen atoms in total. The van der Waals surface area contributed by atoms with Crippen LogP contribution in [0.15, 0.2) is 24.3 Å². The highest BCUT2D eigenvalue weighted by Crippen LogP contribution is 2.44. The molecule has 0 aliphatic heterocycles. The number of benzene rings is 1. The van der Waals surface area contributed by atoms with Gasteiger partial charge in [0.1, 0.15) is 0 Å². The maximum absolute atomic E-state index is 5.82. The van der Waals surface area contributed by atoms with E-state index in [0.29, 0.717) is 5.41 Å². The van der Waals surface area contributed by atoms with Crippen molar-refractivity contribution in [2.24, 2.45) is 11.1 Å². The summed E-state index contributed by atoms with van der Waals surface area (Å²) >= 11 is 0. The number of nitrogens with zero attached hydrogens (tertiary/aromatic N) is 1. The van der Waals surface area contributed by atoms with Crippen molar-refractivity contribution in [3.8, 4) is 0 Å². The summed E-state index contributed by atoms with van der Waals surface area (Å²) in [6.07, 6.45) is 3.73. The summed E-state index contributed by atoms with van der Waals surface area (Å²) in [5.41, 5.74) is 9.08. The Morgan fingerprint density at radius 2 is 1.76 bits per heavy atom. The molecule has 0 amide bonds. The molecular weight excluding hydrogens is 208 g/mol. The first-order chi connectivity index (χ1) is 8.17. The minimum Gasteiger partial charge on any atom is -0.330 e. The third kappa shape index (κ3) is 3.30. The maximum atomic E-state index is 5.82. The highest BCUT2D eigenvalue weighted by Gasteiger charge is 2.41. The van der Waals surface area contributed by atoms with E-state index in [4.69, 9.17) is 5.73 Å². The van der Waals surface area contributed by atoms with E-state index < -0.39 is 0 Å². The van der Waals surface area contributed by atoms with Crippen LogP contribution < -0.4 is 5.73 Å². The van der Waals surface area contributed by atoms with Crippen molar-refractivity contribution < 1.29 is 0 Å². The molecule has 0 heterocycles. The van der Waals surface area contributed by atoms with Gasteiger partial charge < -0.3 is 10.6 Å². The smallest absolute Gasteiger partial charge is 0.0230 e. The highest BCUT2D eigenvalue weighted by atomic mass is 15.1. The summed E-state index contributed by atoms with van der Waals surface area (Å²) in [5.74, 6) is 0. The molecule has 0 atom stereocenters. The van der Waals surface area contributed by atoms with Crippen molar-refractivity contribution in [3.63, 3.8) is 0 Å². The van der Waals surface area contributed by atoms with Gasteiger partial charge in [0, 0.05) is 13.1 Å². The Hall–Kier alpha value is -0.860. The van der Waals surface area contributed by atoms with Gasteiger partial charge in [0.15, 0.2) is 0 Å². The monoisotopic (exact) mass is 232 g/mol. The third-order valence-corrected chi connectivity index (χ3v) is 3.88. The average molecular weight is 232 g/mol. The lowest BCUT2D eigenvalue weighted by Gasteiger charge is -2.22. The molecule has 1 fully saturated rings. The predicted octanol–water partition coefficient (Wildman–Crippen LogP) is 2.42. The Balaban J connectivity index is 1.87. The number of hydrogen-bond donors (Lipinski definition) is 1. The molecule has 0 saturated heterocycles. The second-order valence-corrected chi connectivity index (χ2v) is 5.55. The van der Waals surface area contributed by atoms with Crippen molar-refractivity contribution >= 4 is 0 Å². The molecule has 0 aromatic heterocycles. The molecule has 2 heteroatoms. The zero-order valence-electron chi connectivity index (χ0n) is 11.1. The van der Waals surface area contributed by atoms with Crippen LogP contribution >= 0.6 is 0 Å². The summed E-state index contributed by atoms with van der Waals surface area (Å²) in [4.78, 5) is 2.40. The van der Waals surface area contributed by atoms with Gasteiger partial charge >= 0.3 is 0 Å². The molecular formula is C15H24N2. The van der Waals surface area contributed by atoms with Gasteiger partial charge in [0.05, 0.1) is 0 Å². The van der Waals surface area contributed by atoms with E-state index in [1.807, 2.05) is 0 Å². The Labute approximate surface area is 105 Å². The largest absolute Gasteiger partial charge is 0.330 e. The van der Waals surface area contributed by atoms with Gasteiger partial charge in [-0.25, -0.2) is 0 Å². The van der Waals surface area contributed by atoms with E-state index in [1.54, 1.807) is 0 Å². The lowest BCUT2D eigenvalue weighted by Crippen LogP contribution is -2.31. The van der Waals surface area contributed by atoms with E-state index in [0.717, 1.165) is 26.1 Å². The highest BCUT2D eigenvalue weighted by molar-refractivity contribution is 5.22. The quantitative estimate of drug-likeness (QED) is 0.816. The summed E-state index contributed by atoms with van der Waals surface area (Å²) in [6, 6.07) is 8.96.